The maximum atomic E-state index is 12.8. The molecule has 4 rings (SSSR count). The first-order chi connectivity index (χ1) is 16.9. The fraction of sp³-hybridized carbons (Fsp3) is 0.185. The first kappa shape index (κ1) is 23.7. The van der Waals surface area contributed by atoms with Crippen molar-refractivity contribution in [2.45, 2.75) is 20.3 Å². The Morgan fingerprint density at radius 1 is 1.03 bits per heavy atom. The predicted molar refractivity (Wildman–Crippen MR) is 135 cm³/mol. The van der Waals surface area contributed by atoms with Gasteiger partial charge in [-0.3, -0.25) is 14.6 Å². The number of amides is 1. The largest absolute Gasteiger partial charge is 0.453 e. The molecular weight excluding hydrogens is 442 g/mol. The molecule has 8 nitrogen and oxygen atoms in total. The average molecular weight is 470 g/mol. The molecule has 0 aliphatic rings. The second kappa shape index (κ2) is 10.6. The molecule has 2 heterocycles. The Hall–Kier alpha value is -4.46. The van der Waals surface area contributed by atoms with Crippen LogP contribution in [0.1, 0.15) is 27.2 Å². The Bertz CT molecular complexity index is 1380. The van der Waals surface area contributed by atoms with Crippen LogP contribution in [0.5, 0.6) is 11.5 Å². The van der Waals surface area contributed by atoms with E-state index in [0.717, 1.165) is 16.8 Å². The lowest BCUT2D eigenvalue weighted by atomic mass is 10.1. The Kier molecular flexibility index (Phi) is 7.21. The molecule has 0 aliphatic carbocycles. The van der Waals surface area contributed by atoms with Crippen molar-refractivity contribution < 1.29 is 9.53 Å². The van der Waals surface area contributed by atoms with E-state index in [0.29, 0.717) is 35.7 Å². The number of aromatic nitrogens is 3. The smallest absolute Gasteiger partial charge is 0.294 e. The molecule has 2 N–H and O–H groups in total. The molecule has 0 bridgehead atoms. The zero-order chi connectivity index (χ0) is 24.8. The van der Waals surface area contributed by atoms with Gasteiger partial charge in [0.1, 0.15) is 5.75 Å². The second-order valence-corrected chi connectivity index (χ2v) is 8.21. The number of nitrogens with one attached hydrogen (secondary N) is 2. The van der Waals surface area contributed by atoms with Gasteiger partial charge in [0.15, 0.2) is 11.4 Å². The van der Waals surface area contributed by atoms with Crippen LogP contribution in [0.2, 0.25) is 0 Å². The van der Waals surface area contributed by atoms with E-state index in [2.05, 4.69) is 20.7 Å². The number of benzene rings is 2. The molecule has 0 saturated carbocycles. The van der Waals surface area contributed by atoms with Crippen LogP contribution in [0.4, 0.5) is 11.4 Å². The molecule has 0 fully saturated rings. The van der Waals surface area contributed by atoms with Crippen LogP contribution in [-0.2, 0) is 13.5 Å². The molecule has 1 amide bonds. The lowest BCUT2D eigenvalue weighted by Gasteiger charge is -2.15. The molecule has 2 aromatic carbocycles. The van der Waals surface area contributed by atoms with E-state index in [1.165, 1.54) is 10.9 Å². The Balaban J connectivity index is 1.46. The van der Waals surface area contributed by atoms with E-state index in [1.54, 1.807) is 37.5 Å². The van der Waals surface area contributed by atoms with E-state index in [9.17, 15) is 9.59 Å². The quantitative estimate of drug-likeness (QED) is 0.399. The number of ether oxygens (including phenoxy) is 1. The summed E-state index contributed by atoms with van der Waals surface area (Å²) >= 11 is 0. The summed E-state index contributed by atoms with van der Waals surface area (Å²) in [6.07, 6.45) is 3.89. The Morgan fingerprint density at radius 2 is 1.83 bits per heavy atom. The first-order valence-electron chi connectivity index (χ1n) is 11.3. The summed E-state index contributed by atoms with van der Waals surface area (Å²) in [5, 5.41) is 10.1. The maximum Gasteiger partial charge on any atom is 0.294 e. The van der Waals surface area contributed by atoms with E-state index in [-0.39, 0.29) is 17.2 Å². The third kappa shape index (κ3) is 5.92. The van der Waals surface area contributed by atoms with Crippen LogP contribution >= 0.6 is 0 Å². The summed E-state index contributed by atoms with van der Waals surface area (Å²) in [6.45, 7) is 4.44. The second-order valence-electron chi connectivity index (χ2n) is 8.21. The molecular formula is C27H27N5O3. The van der Waals surface area contributed by atoms with Gasteiger partial charge in [0, 0.05) is 43.2 Å². The molecule has 0 saturated heterocycles. The van der Waals surface area contributed by atoms with Gasteiger partial charge >= 0.3 is 0 Å². The summed E-state index contributed by atoms with van der Waals surface area (Å²) in [5.41, 5.74) is 4.09. The van der Waals surface area contributed by atoms with Crippen molar-refractivity contribution in [3.63, 3.8) is 0 Å². The zero-order valence-electron chi connectivity index (χ0n) is 19.9. The van der Waals surface area contributed by atoms with Crippen molar-refractivity contribution in [1.82, 2.24) is 20.1 Å². The van der Waals surface area contributed by atoms with Gasteiger partial charge in [0.25, 0.3) is 11.5 Å². The number of carbonyl (C=O) groups excluding carboxylic acids is 1. The van der Waals surface area contributed by atoms with Gasteiger partial charge in [-0.25, -0.2) is 4.68 Å². The van der Waals surface area contributed by atoms with Crippen molar-refractivity contribution in [1.29, 1.82) is 0 Å². The van der Waals surface area contributed by atoms with Crippen LogP contribution in [0.25, 0.3) is 0 Å². The summed E-state index contributed by atoms with van der Waals surface area (Å²) in [6, 6.07) is 18.4. The van der Waals surface area contributed by atoms with Crippen molar-refractivity contribution in [3.05, 3.63) is 106 Å². The molecule has 35 heavy (non-hydrogen) atoms. The van der Waals surface area contributed by atoms with Crippen molar-refractivity contribution >= 4 is 17.3 Å². The number of hydrogen-bond acceptors (Lipinski definition) is 6. The van der Waals surface area contributed by atoms with Crippen molar-refractivity contribution in [2.75, 3.05) is 11.9 Å². The highest BCUT2D eigenvalue weighted by atomic mass is 16.5. The molecule has 178 valence electrons. The molecule has 4 aromatic rings. The van der Waals surface area contributed by atoms with E-state index >= 15 is 0 Å². The van der Waals surface area contributed by atoms with Crippen LogP contribution in [0.15, 0.2) is 77.9 Å². The summed E-state index contributed by atoms with van der Waals surface area (Å²) in [4.78, 5) is 29.6. The summed E-state index contributed by atoms with van der Waals surface area (Å²) in [7, 11) is 1.58. The number of rotatable bonds is 8. The van der Waals surface area contributed by atoms with Gasteiger partial charge < -0.3 is 15.4 Å². The van der Waals surface area contributed by atoms with Gasteiger partial charge in [0.2, 0.25) is 0 Å². The molecule has 0 aliphatic heterocycles. The minimum atomic E-state index is -0.330. The fourth-order valence-electron chi connectivity index (χ4n) is 3.55. The molecule has 0 radical (unpaired) electrons. The third-order valence-corrected chi connectivity index (χ3v) is 5.46. The number of carbonyl (C=O) groups is 1. The van der Waals surface area contributed by atoms with E-state index < -0.39 is 0 Å². The van der Waals surface area contributed by atoms with Gasteiger partial charge in [-0.2, -0.15) is 5.10 Å². The van der Waals surface area contributed by atoms with Crippen LogP contribution in [-0.4, -0.2) is 27.2 Å². The predicted octanol–water partition coefficient (Wildman–Crippen LogP) is 4.30. The molecule has 0 spiro atoms. The highest BCUT2D eigenvalue weighted by Gasteiger charge is 2.14. The van der Waals surface area contributed by atoms with E-state index in [4.69, 9.17) is 4.74 Å². The summed E-state index contributed by atoms with van der Waals surface area (Å²) in [5.74, 6) is 0.786. The number of aryl methyl sites for hydroxylation is 3. The first-order valence-corrected chi connectivity index (χ1v) is 11.3. The molecule has 8 heteroatoms. The van der Waals surface area contributed by atoms with Crippen molar-refractivity contribution in [2.24, 2.45) is 7.05 Å². The third-order valence-electron chi connectivity index (χ3n) is 5.46. The number of anilines is 2. The van der Waals surface area contributed by atoms with Crippen molar-refractivity contribution in [3.8, 4) is 11.5 Å². The van der Waals surface area contributed by atoms with E-state index in [1.807, 2.05) is 50.2 Å². The monoisotopic (exact) mass is 469 g/mol. The highest BCUT2D eigenvalue weighted by molar-refractivity contribution is 5.94. The fourth-order valence-corrected chi connectivity index (χ4v) is 3.55. The normalized spacial score (nSPS) is 10.6. The minimum absolute atomic E-state index is 0.175. The van der Waals surface area contributed by atoms with Gasteiger partial charge in [-0.1, -0.05) is 23.8 Å². The number of pyridine rings is 1. The molecule has 2 aromatic heterocycles. The topological polar surface area (TPSA) is 98.1 Å². The van der Waals surface area contributed by atoms with Crippen LogP contribution in [0, 0.1) is 13.8 Å². The Labute approximate surface area is 203 Å². The lowest BCUT2D eigenvalue weighted by molar-refractivity contribution is 0.0954. The standard InChI is InChI=1S/C27H27N5O3/c1-18-7-12-23(19(2)16-18)35-24-17-30-32(3)27(34)25(24)31-22-10-8-20(9-11-22)26(33)29-15-13-21-6-4-5-14-28-21/h4-12,14,16-17,31H,13,15H2,1-3H3,(H,29,33). The average Bonchev–Trinajstić information content (AvgIpc) is 2.86. The molecule has 0 unspecified atom stereocenters. The SMILES string of the molecule is Cc1ccc(Oc2cnn(C)c(=O)c2Nc2ccc(C(=O)NCCc3ccccn3)cc2)c(C)c1. The van der Waals surface area contributed by atoms with Crippen LogP contribution in [0.3, 0.4) is 0 Å². The lowest BCUT2D eigenvalue weighted by Crippen LogP contribution is -2.25. The van der Waals surface area contributed by atoms with Gasteiger partial charge in [0.05, 0.1) is 6.20 Å². The Morgan fingerprint density at radius 3 is 2.54 bits per heavy atom. The maximum absolute atomic E-state index is 12.8. The number of hydrogen-bond donors (Lipinski definition) is 2. The van der Waals surface area contributed by atoms with Gasteiger partial charge in [-0.05, 0) is 61.9 Å². The zero-order valence-corrected chi connectivity index (χ0v) is 19.9. The number of nitrogens with zero attached hydrogens (tertiary/aromatic N) is 3. The minimum Gasteiger partial charge on any atom is -0.453 e. The van der Waals surface area contributed by atoms with Crippen LogP contribution < -0.4 is 20.9 Å². The highest BCUT2D eigenvalue weighted by Crippen LogP contribution is 2.30. The van der Waals surface area contributed by atoms with Gasteiger partial charge in [-0.15, -0.1) is 0 Å². The summed E-state index contributed by atoms with van der Waals surface area (Å²) < 4.78 is 7.28. The molecule has 0 atom stereocenters.